The number of anilines is 1. The van der Waals surface area contributed by atoms with Crippen molar-refractivity contribution in [3.63, 3.8) is 0 Å². The summed E-state index contributed by atoms with van der Waals surface area (Å²) in [6.45, 7) is 0.666. The van der Waals surface area contributed by atoms with E-state index < -0.39 is 60.9 Å². The Balaban J connectivity index is 1.64. The predicted octanol–water partition coefficient (Wildman–Crippen LogP) is 2.86. The van der Waals surface area contributed by atoms with E-state index in [1.54, 1.807) is 0 Å². The second kappa shape index (κ2) is 11.2. The zero-order valence-electron chi connectivity index (χ0n) is 15.7. The number of halogens is 1. The van der Waals surface area contributed by atoms with Gasteiger partial charge < -0.3 is 10.2 Å². The number of benzene rings is 1. The van der Waals surface area contributed by atoms with Gasteiger partial charge in [0.1, 0.15) is 0 Å². The number of rotatable bonds is 11. The standard InChI is InChI=1S/C16H20IN5O7S/c18-21-17-20-12-7-5-11(6-8-12)19-9-3-1-2-4-15(24)29-22-14(23)10-13(16(22)25)30(26,27)28/h5-8,13,18-19H,1-4,9-10H2,(H,26,27,28). The number of imide groups is 1. The molecule has 0 radical (unpaired) electrons. The zero-order chi connectivity index (χ0) is 22.1. The van der Waals surface area contributed by atoms with Gasteiger partial charge in [0.05, 0.1) is 12.1 Å². The number of unbranched alkanes of at least 4 members (excludes halogenated alkanes) is 2. The number of nitrogens with one attached hydrogen (secondary N) is 2. The maximum atomic E-state index is 11.8. The summed E-state index contributed by atoms with van der Waals surface area (Å²) in [7, 11) is -4.74. The maximum Gasteiger partial charge on any atom is 0.333 e. The first-order chi connectivity index (χ1) is 14.2. The van der Waals surface area contributed by atoms with E-state index in [9.17, 15) is 22.8 Å². The van der Waals surface area contributed by atoms with E-state index in [0.29, 0.717) is 19.4 Å². The van der Waals surface area contributed by atoms with Gasteiger partial charge >= 0.3 is 5.97 Å². The Labute approximate surface area is 183 Å². The highest BCUT2D eigenvalue weighted by atomic mass is 127. The lowest BCUT2D eigenvalue weighted by Crippen LogP contribution is -2.36. The molecule has 0 saturated carbocycles. The Morgan fingerprint density at radius 3 is 2.57 bits per heavy atom. The molecule has 1 heterocycles. The second-order valence-electron chi connectivity index (χ2n) is 6.23. The van der Waals surface area contributed by atoms with Crippen molar-refractivity contribution in [1.82, 2.24) is 5.06 Å². The molecule has 1 aliphatic heterocycles. The van der Waals surface area contributed by atoms with E-state index in [2.05, 4.69) is 16.6 Å². The third-order valence-corrected chi connectivity index (χ3v) is 6.12. The summed E-state index contributed by atoms with van der Waals surface area (Å²) in [6, 6.07) is 7.40. The largest absolute Gasteiger partial charge is 0.385 e. The van der Waals surface area contributed by atoms with Crippen LogP contribution in [0.1, 0.15) is 32.1 Å². The number of carbonyl (C=O) groups is 3. The lowest BCUT2D eigenvalue weighted by Gasteiger charge is -2.13. The summed E-state index contributed by atoms with van der Waals surface area (Å²) in [5.41, 5.74) is 8.44. The summed E-state index contributed by atoms with van der Waals surface area (Å²) in [5.74, 6) is -3.09. The average molecular weight is 553 g/mol. The summed E-state index contributed by atoms with van der Waals surface area (Å²) >= 11 is -0.823. The fourth-order valence-corrected chi connectivity index (χ4v) is 3.94. The molecular formula is C16H20IN5O7S. The monoisotopic (exact) mass is 553 g/mol. The summed E-state index contributed by atoms with van der Waals surface area (Å²) in [5, 5.41) is 1.40. The molecule has 3 N–H and O–H groups in total. The summed E-state index contributed by atoms with van der Waals surface area (Å²) in [4.78, 5) is 39.9. The normalized spacial score (nSPS) is 17.1. The molecule has 2 rings (SSSR count). The van der Waals surface area contributed by atoms with E-state index in [4.69, 9.17) is 10.1 Å². The van der Waals surface area contributed by atoms with Crippen LogP contribution in [-0.2, 0) is 29.3 Å². The van der Waals surface area contributed by atoms with Crippen molar-refractivity contribution >= 4 is 60.6 Å². The number of hydrogen-bond donors (Lipinski definition) is 3. The van der Waals surface area contributed by atoms with Gasteiger partial charge in [0.15, 0.2) is 26.6 Å². The fourth-order valence-electron chi connectivity index (χ4n) is 2.56. The van der Waals surface area contributed by atoms with Gasteiger partial charge in [0.2, 0.25) is 0 Å². The highest BCUT2D eigenvalue weighted by molar-refractivity contribution is 14.1. The molecule has 2 amide bonds. The number of carbonyl (C=O) groups excluding carboxylic acids is 3. The van der Waals surface area contributed by atoms with Crippen molar-refractivity contribution in [2.24, 2.45) is 6.47 Å². The van der Waals surface area contributed by atoms with Gasteiger partial charge in [-0.3, -0.25) is 14.1 Å². The molecule has 0 bridgehead atoms. The van der Waals surface area contributed by atoms with Crippen LogP contribution in [-0.4, -0.2) is 47.6 Å². The molecular weight excluding hydrogens is 533 g/mol. The zero-order valence-corrected chi connectivity index (χ0v) is 18.6. The first-order valence-corrected chi connectivity index (χ1v) is 12.2. The highest BCUT2D eigenvalue weighted by Gasteiger charge is 2.48. The van der Waals surface area contributed by atoms with Crippen molar-refractivity contribution < 1.29 is 32.2 Å². The molecule has 12 nitrogen and oxygen atoms in total. The van der Waals surface area contributed by atoms with Gasteiger partial charge in [-0.05, 0) is 37.1 Å². The lowest BCUT2D eigenvalue weighted by molar-refractivity contribution is -0.197. The van der Waals surface area contributed by atoms with Crippen LogP contribution in [0, 0.1) is 5.53 Å². The first kappa shape index (κ1) is 23.9. The molecule has 0 aliphatic carbocycles. The van der Waals surface area contributed by atoms with Crippen molar-refractivity contribution in [2.45, 2.75) is 37.4 Å². The van der Waals surface area contributed by atoms with Gasteiger partial charge in [0, 0.05) is 18.7 Å². The predicted molar refractivity (Wildman–Crippen MR) is 113 cm³/mol. The third-order valence-electron chi connectivity index (χ3n) is 4.04. The molecule has 1 aliphatic rings. The molecule has 164 valence electrons. The molecule has 14 heteroatoms. The van der Waals surface area contributed by atoms with Crippen LogP contribution < -0.4 is 5.32 Å². The summed E-state index contributed by atoms with van der Waals surface area (Å²) < 4.78 is 38.5. The average Bonchev–Trinajstić information content (AvgIpc) is 2.98. The molecule has 1 saturated heterocycles. The van der Waals surface area contributed by atoms with E-state index in [1.165, 1.54) is 0 Å². The third kappa shape index (κ3) is 7.17. The molecule has 0 aromatic heterocycles. The van der Waals surface area contributed by atoms with Gasteiger partial charge in [-0.15, -0.1) is 8.39 Å². The molecule has 1 fully saturated rings. The van der Waals surface area contributed by atoms with Crippen molar-refractivity contribution in [1.29, 1.82) is 5.53 Å². The Kier molecular flexibility index (Phi) is 8.91. The van der Waals surface area contributed by atoms with Crippen LogP contribution in [0.15, 0.2) is 30.7 Å². The molecule has 1 unspecified atom stereocenters. The topological polar surface area (TPSA) is 179 Å². The Bertz CT molecular complexity index is 936. The number of hydroxylamine groups is 2. The minimum absolute atomic E-state index is 0.0477. The van der Waals surface area contributed by atoms with Crippen LogP contribution in [0.25, 0.3) is 0 Å². The molecule has 1 aromatic rings. The molecule has 30 heavy (non-hydrogen) atoms. The van der Waals surface area contributed by atoms with E-state index in [-0.39, 0.29) is 11.5 Å². The molecule has 0 spiro atoms. The first-order valence-electron chi connectivity index (χ1n) is 8.81. The van der Waals surface area contributed by atoms with E-state index >= 15 is 0 Å². The van der Waals surface area contributed by atoms with E-state index in [1.807, 2.05) is 24.3 Å². The minimum Gasteiger partial charge on any atom is -0.385 e. The van der Waals surface area contributed by atoms with Crippen LogP contribution in [0.5, 0.6) is 0 Å². The van der Waals surface area contributed by atoms with Gasteiger partial charge in [-0.25, -0.2) is 7.94 Å². The number of amides is 2. The highest BCUT2D eigenvalue weighted by Crippen LogP contribution is 2.21. The van der Waals surface area contributed by atoms with Crippen molar-refractivity contribution in [3.8, 4) is 0 Å². The Morgan fingerprint density at radius 1 is 1.27 bits per heavy atom. The van der Waals surface area contributed by atoms with Crippen molar-refractivity contribution in [3.05, 3.63) is 24.3 Å². The minimum atomic E-state index is -4.74. The number of hydrogen-bond acceptors (Lipinski definition) is 9. The van der Waals surface area contributed by atoms with Crippen LogP contribution in [0.2, 0.25) is 0 Å². The van der Waals surface area contributed by atoms with Crippen LogP contribution in [0.3, 0.4) is 0 Å². The van der Waals surface area contributed by atoms with Crippen LogP contribution >= 0.6 is 21.3 Å². The quantitative estimate of drug-likeness (QED) is 0.123. The second-order valence-corrected chi connectivity index (χ2v) is 9.22. The lowest BCUT2D eigenvalue weighted by atomic mass is 10.2. The maximum absolute atomic E-state index is 11.8. The number of nitrogens with zero attached hydrogens (tertiary/aromatic N) is 3. The van der Waals surface area contributed by atoms with Crippen molar-refractivity contribution in [2.75, 3.05) is 11.9 Å². The summed E-state index contributed by atoms with van der Waals surface area (Å²) in [6.07, 6.45) is 1.09. The van der Waals surface area contributed by atoms with Gasteiger partial charge in [0.25, 0.3) is 21.9 Å². The van der Waals surface area contributed by atoms with Gasteiger partial charge in [-0.2, -0.15) is 13.9 Å². The Hall–Kier alpha value is -2.33. The fraction of sp³-hybridized carbons (Fsp3) is 0.438. The van der Waals surface area contributed by atoms with E-state index in [0.717, 1.165) is 17.8 Å². The smallest absolute Gasteiger partial charge is 0.333 e. The Morgan fingerprint density at radius 2 is 1.97 bits per heavy atom. The van der Waals surface area contributed by atoms with Gasteiger partial charge in [-0.1, -0.05) is 6.42 Å². The SMILES string of the molecule is N=NI=Nc1ccc(NCCCCCC(=O)ON2C(=O)CC(S(=O)(=O)O)C2=O)cc1. The van der Waals surface area contributed by atoms with Crippen LogP contribution in [0.4, 0.5) is 11.4 Å². The molecule has 1 aromatic carbocycles. The molecule has 1 atom stereocenters.